The van der Waals surface area contributed by atoms with Crippen LogP contribution < -0.4 is 14.9 Å². The number of halogens is 1. The van der Waals surface area contributed by atoms with Crippen LogP contribution in [0.3, 0.4) is 0 Å². The van der Waals surface area contributed by atoms with E-state index in [2.05, 4.69) is 17.1 Å². The molecule has 0 spiro atoms. The van der Waals surface area contributed by atoms with Crippen LogP contribution in [-0.2, 0) is 30.0 Å². The number of imidazole rings is 1. The number of nitrogens with zero attached hydrogens (tertiary/aromatic N) is 3. The van der Waals surface area contributed by atoms with E-state index in [0.717, 1.165) is 49.2 Å². The number of hydrogen-bond acceptors (Lipinski definition) is 7. The summed E-state index contributed by atoms with van der Waals surface area (Å²) in [5, 5.41) is 26.8. The van der Waals surface area contributed by atoms with Gasteiger partial charge in [0.25, 0.3) is 0 Å². The van der Waals surface area contributed by atoms with Gasteiger partial charge in [-0.15, -0.1) is 12.4 Å². The predicted molar refractivity (Wildman–Crippen MR) is 122 cm³/mol. The Labute approximate surface area is 222 Å². The molecule has 2 aromatic heterocycles. The Kier molecular flexibility index (Phi) is 14.3. The van der Waals surface area contributed by atoms with Gasteiger partial charge in [-0.1, -0.05) is 12.1 Å². The van der Waals surface area contributed by atoms with Gasteiger partial charge in [0, 0.05) is 56.5 Å². The van der Waals surface area contributed by atoms with E-state index in [1.54, 1.807) is 6.20 Å². The third-order valence-electron chi connectivity index (χ3n) is 4.60. The van der Waals surface area contributed by atoms with Crippen molar-refractivity contribution in [2.75, 3.05) is 13.1 Å². The number of aromatic nitrogens is 2. The Morgan fingerprint density at radius 1 is 0.971 bits per heavy atom. The molecule has 1 aliphatic rings. The number of rotatable bonds is 3. The third-order valence-corrected chi connectivity index (χ3v) is 4.60. The fourth-order valence-corrected chi connectivity index (χ4v) is 3.17. The van der Waals surface area contributed by atoms with E-state index in [-0.39, 0.29) is 38.9 Å². The number of likely N-dealkylation sites (tertiary alicyclic amines) is 1. The monoisotopic (exact) mass is 597 g/mol. The van der Waals surface area contributed by atoms with Crippen molar-refractivity contribution in [2.45, 2.75) is 32.8 Å². The summed E-state index contributed by atoms with van der Waals surface area (Å²) in [4.78, 5) is 34.5. The second kappa shape index (κ2) is 15.7. The molecule has 0 radical (unpaired) electrons. The molecule has 0 atom stereocenters. The van der Waals surface area contributed by atoms with Gasteiger partial charge in [-0.05, 0) is 49.2 Å². The van der Waals surface area contributed by atoms with Crippen LogP contribution in [0.5, 0.6) is 5.75 Å². The molecule has 35 heavy (non-hydrogen) atoms. The summed E-state index contributed by atoms with van der Waals surface area (Å²) < 4.78 is 7.97. The van der Waals surface area contributed by atoms with E-state index in [4.69, 9.17) is 29.6 Å². The number of hydrogen-bond donors (Lipinski definition) is 1. The van der Waals surface area contributed by atoms with E-state index in [0.29, 0.717) is 13.1 Å². The first-order chi connectivity index (χ1) is 15.7. The molecule has 0 unspecified atom stereocenters. The van der Waals surface area contributed by atoms with Crippen LogP contribution in [0.1, 0.15) is 26.7 Å². The fraction of sp³-hybridized carbons (Fsp3) is 0.304. The summed E-state index contributed by atoms with van der Waals surface area (Å²) in [6.45, 7) is 3.00. The van der Waals surface area contributed by atoms with Crippen molar-refractivity contribution in [3.8, 4) is 16.9 Å². The molecule has 1 N–H and O–H groups in total. The first-order valence-corrected chi connectivity index (χ1v) is 10.2. The Morgan fingerprint density at radius 3 is 2.03 bits per heavy atom. The van der Waals surface area contributed by atoms with Crippen LogP contribution in [0, 0.1) is 0 Å². The normalized spacial score (nSPS) is 12.5. The summed E-state index contributed by atoms with van der Waals surface area (Å²) in [6.07, 6.45) is 6.38. The Bertz CT molecular complexity index is 1060. The van der Waals surface area contributed by atoms with Crippen molar-refractivity contribution in [3.63, 3.8) is 0 Å². The first kappa shape index (κ1) is 31.9. The second-order valence-corrected chi connectivity index (χ2v) is 7.20. The number of carboxylic acid groups (broad SMARTS) is 3. The van der Waals surface area contributed by atoms with Crippen molar-refractivity contribution in [1.29, 1.82) is 0 Å². The number of carboxylic acids is 2. The molecule has 1 fully saturated rings. The van der Waals surface area contributed by atoms with Gasteiger partial charge in [-0.25, -0.2) is 9.78 Å². The van der Waals surface area contributed by atoms with Crippen LogP contribution in [0.4, 0.5) is 4.79 Å². The standard InChI is InChI=1S/C19H19N3O3.2C2H4O2.ClH.Pd/c23-19(24)22-10-6-17(7-11-22)25-16-3-1-14(2-4-16)15-5-9-21-12-8-20-18(21)13-15;2*1-2(3)4;;/h1-5,8-9,12-13,17H,6-7,10-11H2,(H,23,24);2*1H3,(H,3,4);1H;/q;;;;+2/p-2. The molecule has 1 amide bonds. The molecule has 0 aliphatic carbocycles. The summed E-state index contributed by atoms with van der Waals surface area (Å²) >= 11 is 0. The van der Waals surface area contributed by atoms with Gasteiger partial charge in [0.05, 0.1) is 0 Å². The number of pyridine rings is 1. The van der Waals surface area contributed by atoms with Gasteiger partial charge in [-0.2, -0.15) is 0 Å². The molecular weight excluding hydrogens is 572 g/mol. The second-order valence-electron chi connectivity index (χ2n) is 7.20. The molecule has 1 saturated heterocycles. The average molecular weight is 598 g/mol. The number of ether oxygens (including phenoxy) is 1. The van der Waals surface area contributed by atoms with Crippen LogP contribution >= 0.6 is 12.4 Å². The fourth-order valence-electron chi connectivity index (χ4n) is 3.17. The van der Waals surface area contributed by atoms with Gasteiger partial charge in [0.2, 0.25) is 0 Å². The first-order valence-electron chi connectivity index (χ1n) is 10.2. The number of carbonyl (C=O) groups is 3. The van der Waals surface area contributed by atoms with Crippen LogP contribution in [0.15, 0.2) is 55.0 Å². The van der Waals surface area contributed by atoms with Gasteiger partial charge in [0.1, 0.15) is 17.5 Å². The zero-order valence-corrected chi connectivity index (χ0v) is 21.4. The van der Waals surface area contributed by atoms with E-state index < -0.39 is 18.0 Å². The maximum absolute atomic E-state index is 10.9. The Morgan fingerprint density at radius 2 is 1.51 bits per heavy atom. The van der Waals surface area contributed by atoms with Crippen molar-refractivity contribution in [2.24, 2.45) is 0 Å². The van der Waals surface area contributed by atoms with Gasteiger partial charge in [-0.3, -0.25) is 0 Å². The summed E-state index contributed by atoms with van der Waals surface area (Å²) in [5.41, 5.74) is 3.14. The third kappa shape index (κ3) is 11.2. The van der Waals surface area contributed by atoms with E-state index in [1.807, 2.05) is 41.1 Å². The Hall–Kier alpha value is -3.13. The van der Waals surface area contributed by atoms with Gasteiger partial charge < -0.3 is 38.9 Å². The largest absolute Gasteiger partial charge is 2.00 e. The predicted octanol–water partition coefficient (Wildman–Crippen LogP) is 1.45. The van der Waals surface area contributed by atoms with E-state index in [9.17, 15) is 4.79 Å². The van der Waals surface area contributed by atoms with Crippen LogP contribution in [0.2, 0.25) is 0 Å². The molecule has 1 aliphatic heterocycles. The molecule has 3 heterocycles. The average Bonchev–Trinajstić information content (AvgIpc) is 3.22. The molecule has 0 saturated carbocycles. The SMILES string of the molecule is CC(=O)[O-].CC(=O)[O-].Cl.O=C(O)N1CCC(Oc2ccc(-c3ccn4ccnc4c3)cc2)CC1.[Pd+2]. The smallest absolute Gasteiger partial charge is 0.550 e. The minimum absolute atomic E-state index is 0. The van der Waals surface area contributed by atoms with Crippen LogP contribution in [0.25, 0.3) is 16.8 Å². The van der Waals surface area contributed by atoms with Crippen molar-refractivity contribution in [3.05, 3.63) is 55.0 Å². The summed E-state index contributed by atoms with van der Waals surface area (Å²) in [7, 11) is 0. The minimum atomic E-state index is -1.08. The number of piperidine rings is 1. The van der Waals surface area contributed by atoms with Crippen LogP contribution in [-0.4, -0.2) is 56.6 Å². The Balaban J connectivity index is 0.00000102. The topological polar surface area (TPSA) is 147 Å². The zero-order chi connectivity index (χ0) is 24.4. The summed E-state index contributed by atoms with van der Waals surface area (Å²) in [6, 6.07) is 12.1. The number of fused-ring (bicyclic) bond motifs is 1. The molecular formula is C23H26ClN3O7Pd. The number of amides is 1. The number of benzene rings is 1. The van der Waals surface area contributed by atoms with Crippen molar-refractivity contribution < 1.29 is 54.9 Å². The molecule has 0 bridgehead atoms. The van der Waals surface area contributed by atoms with Gasteiger partial charge in [0.15, 0.2) is 0 Å². The molecule has 12 heteroatoms. The number of aliphatic carboxylic acids is 2. The molecule has 10 nitrogen and oxygen atoms in total. The van der Waals surface area contributed by atoms with E-state index >= 15 is 0 Å². The minimum Gasteiger partial charge on any atom is -0.550 e. The van der Waals surface area contributed by atoms with Crippen molar-refractivity contribution >= 4 is 36.1 Å². The molecule has 4 rings (SSSR count). The molecule has 1 aromatic carbocycles. The van der Waals surface area contributed by atoms with Crippen molar-refractivity contribution in [1.82, 2.24) is 14.3 Å². The maximum Gasteiger partial charge on any atom is 2.00 e. The van der Waals surface area contributed by atoms with Gasteiger partial charge >= 0.3 is 26.5 Å². The molecule has 192 valence electrons. The zero-order valence-electron chi connectivity index (χ0n) is 19.1. The maximum atomic E-state index is 10.9. The van der Waals surface area contributed by atoms with E-state index in [1.165, 1.54) is 4.90 Å². The number of carbonyl (C=O) groups excluding carboxylic acids is 2. The molecule has 3 aromatic rings. The summed E-state index contributed by atoms with van der Waals surface area (Å²) in [5.74, 6) is -1.35. The quantitative estimate of drug-likeness (QED) is 0.446.